The number of unbranched alkanes of at least 4 members (excludes halogenated alkanes) is 28. The van der Waals surface area contributed by atoms with Crippen molar-refractivity contribution in [2.75, 3.05) is 13.2 Å². The summed E-state index contributed by atoms with van der Waals surface area (Å²) in [4.78, 5) is 38.4. The van der Waals surface area contributed by atoms with Crippen LogP contribution < -0.4 is 0 Å². The molecule has 0 radical (unpaired) electrons. The first-order chi connectivity index (χ1) is 40.5. The summed E-state index contributed by atoms with van der Waals surface area (Å²) in [7, 11) is 0. The highest BCUT2D eigenvalue weighted by Crippen LogP contribution is 2.15. The Bertz CT molecular complexity index is 1730. The van der Waals surface area contributed by atoms with Gasteiger partial charge in [0.2, 0.25) is 0 Å². The van der Waals surface area contributed by atoms with Crippen LogP contribution >= 0.6 is 0 Å². The molecule has 466 valence electrons. The standard InChI is InChI=1S/C76H126O6/c1-4-7-10-13-16-19-22-25-28-31-33-35-37-38-40-41-43-45-48-51-54-57-60-63-66-69-75(78)81-72-73(71-80-74(77)68-65-62-59-56-53-50-47-30-27-24-21-18-15-12-9-6-3)82-76(79)70-67-64-61-58-55-52-49-46-44-42-39-36-34-32-29-26-23-20-17-14-11-8-5-2/h7,10,16,19,23,25-26,28,30,32-35,38-40,42-43,45,47,51,54,73H,4-6,8-9,11-15,17-18,20-22,24,27,29,31,36-37,41,44,46,48-50,52-53,55-72H2,1-3H3/b10-7-,19-16-,26-23-,28-25-,34-32-,35-33-,40-38-,42-39-,45-43-,47-30-,54-51-. The van der Waals surface area contributed by atoms with E-state index >= 15 is 0 Å². The molecule has 0 rings (SSSR count). The quantitative estimate of drug-likeness (QED) is 0.0261. The van der Waals surface area contributed by atoms with Gasteiger partial charge in [-0.25, -0.2) is 0 Å². The minimum atomic E-state index is -0.807. The number of ether oxygens (including phenoxy) is 3. The maximum Gasteiger partial charge on any atom is 0.306 e. The fraction of sp³-hybridized carbons (Fsp3) is 0.671. The normalized spacial score (nSPS) is 13.0. The zero-order valence-electron chi connectivity index (χ0n) is 53.5. The van der Waals surface area contributed by atoms with Crippen molar-refractivity contribution in [1.29, 1.82) is 0 Å². The number of esters is 3. The van der Waals surface area contributed by atoms with Gasteiger partial charge in [-0.05, 0) is 141 Å². The SMILES string of the molecule is CC/C=C\C/C=C\C/C=C\C/C=C\C/C=C\C/C=C\C/C=C\CCCCCC(=O)OCC(COC(=O)CCCCCCC/C=C\CCCCCCCCC)OC(=O)CCCCCCCCCC/C=C\C/C=C\C/C=C\CCCCCCC. The number of hydrogen-bond donors (Lipinski definition) is 0. The fourth-order valence-electron chi connectivity index (χ4n) is 9.25. The second kappa shape index (κ2) is 69.0. The van der Waals surface area contributed by atoms with Gasteiger partial charge in [0.05, 0.1) is 0 Å². The van der Waals surface area contributed by atoms with E-state index in [-0.39, 0.29) is 31.1 Å². The van der Waals surface area contributed by atoms with Gasteiger partial charge in [0.1, 0.15) is 13.2 Å². The van der Waals surface area contributed by atoms with Crippen LogP contribution in [0.2, 0.25) is 0 Å². The molecule has 0 bridgehead atoms. The molecule has 0 heterocycles. The van der Waals surface area contributed by atoms with Gasteiger partial charge in [-0.1, -0.05) is 283 Å². The summed E-state index contributed by atoms with van der Waals surface area (Å²) in [6, 6.07) is 0. The molecule has 0 fully saturated rings. The first-order valence-electron chi connectivity index (χ1n) is 34.2. The maximum atomic E-state index is 13.0. The Balaban J connectivity index is 4.48. The van der Waals surface area contributed by atoms with E-state index in [9.17, 15) is 14.4 Å². The second-order valence-electron chi connectivity index (χ2n) is 22.3. The highest BCUT2D eigenvalue weighted by Gasteiger charge is 2.19. The molecule has 0 saturated heterocycles. The van der Waals surface area contributed by atoms with Gasteiger partial charge in [0, 0.05) is 19.3 Å². The molecule has 0 amide bonds. The Morgan fingerprint density at radius 2 is 0.476 bits per heavy atom. The van der Waals surface area contributed by atoms with Crippen molar-refractivity contribution in [3.63, 3.8) is 0 Å². The number of hydrogen-bond acceptors (Lipinski definition) is 6. The monoisotopic (exact) mass is 1130 g/mol. The second-order valence-corrected chi connectivity index (χ2v) is 22.3. The highest BCUT2D eigenvalue weighted by atomic mass is 16.6. The summed E-state index contributed by atoms with van der Waals surface area (Å²) in [5.74, 6) is -0.942. The third kappa shape index (κ3) is 66.4. The average molecular weight is 1140 g/mol. The van der Waals surface area contributed by atoms with E-state index in [1.54, 1.807) is 0 Å². The summed E-state index contributed by atoms with van der Waals surface area (Å²) in [6.45, 7) is 6.49. The Kier molecular flexibility index (Phi) is 65.3. The molecule has 0 spiro atoms. The lowest BCUT2D eigenvalue weighted by atomic mass is 10.1. The van der Waals surface area contributed by atoms with Gasteiger partial charge in [0.25, 0.3) is 0 Å². The molecule has 1 atom stereocenters. The Hall–Kier alpha value is -4.45. The molecule has 0 aromatic rings. The van der Waals surface area contributed by atoms with Crippen LogP contribution in [-0.2, 0) is 28.6 Å². The minimum Gasteiger partial charge on any atom is -0.462 e. The lowest BCUT2D eigenvalue weighted by Gasteiger charge is -2.18. The van der Waals surface area contributed by atoms with Crippen molar-refractivity contribution < 1.29 is 28.6 Å². The highest BCUT2D eigenvalue weighted by molar-refractivity contribution is 5.71. The van der Waals surface area contributed by atoms with Gasteiger partial charge in [0.15, 0.2) is 6.10 Å². The summed E-state index contributed by atoms with van der Waals surface area (Å²) >= 11 is 0. The van der Waals surface area contributed by atoms with Gasteiger partial charge < -0.3 is 14.2 Å². The lowest BCUT2D eigenvalue weighted by molar-refractivity contribution is -0.167. The molecule has 0 aliphatic carbocycles. The number of rotatable bonds is 61. The fourth-order valence-corrected chi connectivity index (χ4v) is 9.25. The van der Waals surface area contributed by atoms with Crippen molar-refractivity contribution in [3.05, 3.63) is 134 Å². The predicted molar refractivity (Wildman–Crippen MR) is 357 cm³/mol. The lowest BCUT2D eigenvalue weighted by Crippen LogP contribution is -2.30. The van der Waals surface area contributed by atoms with Crippen molar-refractivity contribution in [2.24, 2.45) is 0 Å². The Morgan fingerprint density at radius 1 is 0.256 bits per heavy atom. The zero-order valence-corrected chi connectivity index (χ0v) is 53.5. The third-order valence-electron chi connectivity index (χ3n) is 14.4. The zero-order chi connectivity index (χ0) is 59.2. The van der Waals surface area contributed by atoms with Crippen LogP contribution in [0.3, 0.4) is 0 Å². The Morgan fingerprint density at radius 3 is 0.768 bits per heavy atom. The van der Waals surface area contributed by atoms with Gasteiger partial charge in [-0.2, -0.15) is 0 Å². The van der Waals surface area contributed by atoms with Crippen LogP contribution in [0.25, 0.3) is 0 Å². The Labute approximate surface area is 506 Å². The number of allylic oxidation sites excluding steroid dienone is 22. The molecule has 0 aromatic heterocycles. The first-order valence-corrected chi connectivity index (χ1v) is 34.2. The van der Waals surface area contributed by atoms with E-state index in [1.165, 1.54) is 128 Å². The van der Waals surface area contributed by atoms with E-state index < -0.39 is 6.10 Å². The average Bonchev–Trinajstić information content (AvgIpc) is 3.47. The van der Waals surface area contributed by atoms with Crippen molar-refractivity contribution >= 4 is 17.9 Å². The maximum absolute atomic E-state index is 13.0. The molecule has 82 heavy (non-hydrogen) atoms. The minimum absolute atomic E-state index is 0.0992. The first kappa shape index (κ1) is 77.5. The van der Waals surface area contributed by atoms with E-state index in [1.807, 2.05) is 0 Å². The van der Waals surface area contributed by atoms with E-state index in [0.29, 0.717) is 19.3 Å². The summed E-state index contributed by atoms with van der Waals surface area (Å²) in [6.07, 6.45) is 97.4. The largest absolute Gasteiger partial charge is 0.462 e. The molecule has 6 heteroatoms. The van der Waals surface area contributed by atoms with Crippen molar-refractivity contribution in [3.8, 4) is 0 Å². The van der Waals surface area contributed by atoms with Gasteiger partial charge >= 0.3 is 17.9 Å². The molecule has 6 nitrogen and oxygen atoms in total. The molecule has 0 aliphatic rings. The molecular formula is C76H126O6. The van der Waals surface area contributed by atoms with E-state index in [2.05, 4.69) is 154 Å². The van der Waals surface area contributed by atoms with Crippen molar-refractivity contribution in [1.82, 2.24) is 0 Å². The van der Waals surface area contributed by atoms with Gasteiger partial charge in [-0.15, -0.1) is 0 Å². The van der Waals surface area contributed by atoms with Gasteiger partial charge in [-0.3, -0.25) is 14.4 Å². The van der Waals surface area contributed by atoms with E-state index in [0.717, 1.165) is 141 Å². The van der Waals surface area contributed by atoms with Crippen LogP contribution in [0.15, 0.2) is 134 Å². The molecule has 0 aliphatic heterocycles. The van der Waals surface area contributed by atoms with Crippen LogP contribution in [0.4, 0.5) is 0 Å². The smallest absolute Gasteiger partial charge is 0.306 e. The molecule has 0 N–H and O–H groups in total. The molecular weight excluding hydrogens is 1010 g/mol. The van der Waals surface area contributed by atoms with Crippen LogP contribution in [0, 0.1) is 0 Å². The van der Waals surface area contributed by atoms with Crippen LogP contribution in [0.1, 0.15) is 310 Å². The number of carbonyl (C=O) groups excluding carboxylic acids is 3. The summed E-state index contributed by atoms with van der Waals surface area (Å²) < 4.78 is 16.9. The molecule has 1 unspecified atom stereocenters. The predicted octanol–water partition coefficient (Wildman–Crippen LogP) is 23.7. The number of carbonyl (C=O) groups is 3. The summed E-state index contributed by atoms with van der Waals surface area (Å²) in [5, 5.41) is 0. The third-order valence-corrected chi connectivity index (χ3v) is 14.4. The topological polar surface area (TPSA) is 78.9 Å². The van der Waals surface area contributed by atoms with E-state index in [4.69, 9.17) is 14.2 Å². The van der Waals surface area contributed by atoms with Crippen LogP contribution in [-0.4, -0.2) is 37.2 Å². The molecule has 0 aromatic carbocycles. The van der Waals surface area contributed by atoms with Crippen LogP contribution in [0.5, 0.6) is 0 Å². The van der Waals surface area contributed by atoms with Crippen molar-refractivity contribution in [2.45, 2.75) is 316 Å². The summed E-state index contributed by atoms with van der Waals surface area (Å²) in [5.41, 5.74) is 0. The molecule has 0 saturated carbocycles.